The Labute approximate surface area is 150 Å². The minimum Gasteiger partial charge on any atom is -0.389 e. The largest absolute Gasteiger partial charge is 0.389 e. The van der Waals surface area contributed by atoms with Crippen LogP contribution in [-0.4, -0.2) is 11.2 Å². The Balaban J connectivity index is 0.000000396. The number of hydrogen-bond acceptors (Lipinski definition) is 1. The standard InChI is InChI=1S/C19H28O.2C2H6/c1-18-8-7-17-16-4-2-12-10-13(20)3-5-14(12)15(16)6-9-19(17,18)11-18;2*1-2/h10,13-17,20H,2-9,11H2,1H3;2*1-2H3/t13?,14-,15?,16?,17?,18?,19+;;/m0../s1. The molecule has 1 spiro atoms. The smallest absolute Gasteiger partial charge is 0.0723 e. The van der Waals surface area contributed by atoms with Crippen LogP contribution in [0.5, 0.6) is 0 Å². The lowest BCUT2D eigenvalue weighted by molar-refractivity contribution is 0.0187. The van der Waals surface area contributed by atoms with Gasteiger partial charge in [0, 0.05) is 0 Å². The van der Waals surface area contributed by atoms with Gasteiger partial charge in [0.2, 0.25) is 0 Å². The Hall–Kier alpha value is -0.300. The lowest BCUT2D eigenvalue weighted by Gasteiger charge is -2.51. The molecule has 4 saturated carbocycles. The van der Waals surface area contributed by atoms with Gasteiger partial charge in [0.1, 0.15) is 0 Å². The van der Waals surface area contributed by atoms with Gasteiger partial charge in [-0.15, -0.1) is 0 Å². The number of aliphatic hydroxyl groups excluding tert-OH is 1. The first kappa shape index (κ1) is 18.5. The SMILES string of the molecule is CC.CC.CC12CCC3C4CCC5=CC(O)CC[C@@H]5C4CC[C@@]31C2. The lowest BCUT2D eigenvalue weighted by Crippen LogP contribution is -2.43. The second kappa shape index (κ2) is 6.78. The van der Waals surface area contributed by atoms with Gasteiger partial charge >= 0.3 is 0 Å². The zero-order valence-corrected chi connectivity index (χ0v) is 16.8. The Bertz CT molecular complexity index is 480. The third-order valence-electron chi connectivity index (χ3n) is 8.43. The summed E-state index contributed by atoms with van der Waals surface area (Å²) in [6.45, 7) is 10.6. The Morgan fingerprint density at radius 2 is 1.67 bits per heavy atom. The maximum absolute atomic E-state index is 9.90. The number of allylic oxidation sites excluding steroid dienone is 1. The number of fused-ring (bicyclic) bond motifs is 4. The highest BCUT2D eigenvalue weighted by molar-refractivity contribution is 5.26. The van der Waals surface area contributed by atoms with E-state index >= 15 is 0 Å². The van der Waals surface area contributed by atoms with Crippen LogP contribution in [0.2, 0.25) is 0 Å². The van der Waals surface area contributed by atoms with Crippen molar-refractivity contribution in [3.8, 4) is 0 Å². The molecule has 5 rings (SSSR count). The highest BCUT2D eigenvalue weighted by atomic mass is 16.3. The summed E-state index contributed by atoms with van der Waals surface area (Å²) in [6, 6.07) is 0. The molecule has 0 saturated heterocycles. The van der Waals surface area contributed by atoms with Gasteiger partial charge in [-0.2, -0.15) is 0 Å². The molecule has 1 heteroatoms. The van der Waals surface area contributed by atoms with Crippen LogP contribution in [-0.2, 0) is 0 Å². The molecule has 24 heavy (non-hydrogen) atoms. The first-order chi connectivity index (χ1) is 11.6. The molecule has 5 unspecified atom stereocenters. The van der Waals surface area contributed by atoms with E-state index in [0.717, 1.165) is 40.9 Å². The molecule has 0 aliphatic heterocycles. The molecule has 0 amide bonds. The molecule has 0 bridgehead atoms. The van der Waals surface area contributed by atoms with Crippen LogP contribution in [0, 0.1) is 34.5 Å². The summed E-state index contributed by atoms with van der Waals surface area (Å²) >= 11 is 0. The minimum atomic E-state index is -0.133. The summed E-state index contributed by atoms with van der Waals surface area (Å²) in [5, 5.41) is 9.90. The van der Waals surface area contributed by atoms with E-state index in [1.807, 2.05) is 27.7 Å². The first-order valence-electron chi connectivity index (χ1n) is 11.0. The summed E-state index contributed by atoms with van der Waals surface area (Å²) in [7, 11) is 0. The van der Waals surface area contributed by atoms with Gasteiger partial charge in [-0.1, -0.05) is 46.3 Å². The molecule has 4 fully saturated rings. The molecular weight excluding hydrogens is 292 g/mol. The van der Waals surface area contributed by atoms with Crippen molar-refractivity contribution in [2.45, 2.75) is 98.5 Å². The molecule has 138 valence electrons. The van der Waals surface area contributed by atoms with E-state index < -0.39 is 0 Å². The number of aliphatic hydroxyl groups is 1. The van der Waals surface area contributed by atoms with Gasteiger partial charge in [-0.05, 0) is 92.3 Å². The quantitative estimate of drug-likeness (QED) is 0.511. The third-order valence-corrected chi connectivity index (χ3v) is 8.43. The molecule has 0 heterocycles. The van der Waals surface area contributed by atoms with Crippen molar-refractivity contribution in [2.75, 3.05) is 0 Å². The molecule has 1 nitrogen and oxygen atoms in total. The predicted molar refractivity (Wildman–Crippen MR) is 103 cm³/mol. The monoisotopic (exact) mass is 332 g/mol. The average molecular weight is 333 g/mol. The zero-order chi connectivity index (χ0) is 17.5. The fraction of sp³-hybridized carbons (Fsp3) is 0.913. The third kappa shape index (κ3) is 2.52. The van der Waals surface area contributed by atoms with Crippen LogP contribution < -0.4 is 0 Å². The molecular formula is C23H40O. The van der Waals surface area contributed by atoms with E-state index in [1.54, 1.807) is 12.0 Å². The van der Waals surface area contributed by atoms with Crippen LogP contribution in [0.4, 0.5) is 0 Å². The van der Waals surface area contributed by atoms with Crippen molar-refractivity contribution in [2.24, 2.45) is 34.5 Å². The van der Waals surface area contributed by atoms with Crippen LogP contribution >= 0.6 is 0 Å². The first-order valence-corrected chi connectivity index (χ1v) is 11.0. The van der Waals surface area contributed by atoms with Gasteiger partial charge in [0.15, 0.2) is 0 Å². The number of hydrogen-bond donors (Lipinski definition) is 1. The second-order valence-electron chi connectivity index (χ2n) is 8.94. The summed E-state index contributed by atoms with van der Waals surface area (Å²) in [5.41, 5.74) is 3.18. The van der Waals surface area contributed by atoms with Gasteiger partial charge in [-0.25, -0.2) is 0 Å². The van der Waals surface area contributed by atoms with E-state index in [0.29, 0.717) is 0 Å². The van der Waals surface area contributed by atoms with E-state index in [2.05, 4.69) is 13.0 Å². The van der Waals surface area contributed by atoms with Gasteiger partial charge < -0.3 is 5.11 Å². The fourth-order valence-electron chi connectivity index (χ4n) is 7.45. The van der Waals surface area contributed by atoms with E-state index in [-0.39, 0.29) is 6.10 Å². The molecule has 1 N–H and O–H groups in total. The van der Waals surface area contributed by atoms with Crippen LogP contribution in [0.3, 0.4) is 0 Å². The Kier molecular flexibility index (Phi) is 5.23. The molecule has 0 radical (unpaired) electrons. The van der Waals surface area contributed by atoms with Gasteiger partial charge in [0.05, 0.1) is 6.10 Å². The fourth-order valence-corrected chi connectivity index (χ4v) is 7.45. The lowest BCUT2D eigenvalue weighted by atomic mass is 9.54. The van der Waals surface area contributed by atoms with Crippen LogP contribution in [0.1, 0.15) is 92.4 Å². The Morgan fingerprint density at radius 1 is 0.917 bits per heavy atom. The van der Waals surface area contributed by atoms with Crippen molar-refractivity contribution in [1.82, 2.24) is 0 Å². The molecule has 7 atom stereocenters. The second-order valence-corrected chi connectivity index (χ2v) is 8.94. The Morgan fingerprint density at radius 3 is 2.38 bits per heavy atom. The molecule has 5 aliphatic carbocycles. The highest BCUT2D eigenvalue weighted by Crippen LogP contribution is 2.81. The number of rotatable bonds is 0. The van der Waals surface area contributed by atoms with Gasteiger partial charge in [0.25, 0.3) is 0 Å². The summed E-state index contributed by atoms with van der Waals surface area (Å²) in [6.07, 6.45) is 14.7. The summed E-state index contributed by atoms with van der Waals surface area (Å²) in [4.78, 5) is 0. The minimum absolute atomic E-state index is 0.133. The molecule has 5 aliphatic rings. The normalized spacial score (nSPS) is 50.4. The summed E-state index contributed by atoms with van der Waals surface area (Å²) in [5.74, 6) is 3.92. The van der Waals surface area contributed by atoms with E-state index in [4.69, 9.17) is 0 Å². The molecule has 0 aromatic rings. The molecule has 0 aromatic heterocycles. The van der Waals surface area contributed by atoms with Crippen molar-refractivity contribution >= 4 is 0 Å². The van der Waals surface area contributed by atoms with E-state index in [1.165, 1.54) is 44.9 Å². The highest BCUT2D eigenvalue weighted by Gasteiger charge is 2.73. The van der Waals surface area contributed by atoms with Crippen molar-refractivity contribution in [3.63, 3.8) is 0 Å². The average Bonchev–Trinajstić information content (AvgIpc) is 3.10. The van der Waals surface area contributed by atoms with E-state index in [9.17, 15) is 5.11 Å². The predicted octanol–water partition coefficient (Wildman–Crippen LogP) is 6.36. The van der Waals surface area contributed by atoms with Gasteiger partial charge in [-0.3, -0.25) is 0 Å². The molecule has 0 aromatic carbocycles. The summed E-state index contributed by atoms with van der Waals surface area (Å²) < 4.78 is 0. The zero-order valence-electron chi connectivity index (χ0n) is 16.8. The maximum atomic E-state index is 9.90. The van der Waals surface area contributed by atoms with Crippen LogP contribution in [0.15, 0.2) is 11.6 Å². The van der Waals surface area contributed by atoms with Crippen molar-refractivity contribution in [1.29, 1.82) is 0 Å². The van der Waals surface area contributed by atoms with Crippen LogP contribution in [0.25, 0.3) is 0 Å². The maximum Gasteiger partial charge on any atom is 0.0723 e. The van der Waals surface area contributed by atoms with Crippen molar-refractivity contribution < 1.29 is 5.11 Å². The van der Waals surface area contributed by atoms with Crippen molar-refractivity contribution in [3.05, 3.63) is 11.6 Å². The topological polar surface area (TPSA) is 20.2 Å².